The summed E-state index contributed by atoms with van der Waals surface area (Å²) >= 11 is 0. The second kappa shape index (κ2) is 6.37. The highest BCUT2D eigenvalue weighted by atomic mass is 16.5. The topological polar surface area (TPSA) is 76.5 Å². The van der Waals surface area contributed by atoms with Crippen LogP contribution in [0, 0.1) is 0 Å². The van der Waals surface area contributed by atoms with Crippen molar-refractivity contribution in [3.8, 4) is 5.75 Å². The number of imidazole rings is 1. The van der Waals surface area contributed by atoms with Crippen molar-refractivity contribution in [3.63, 3.8) is 0 Å². The van der Waals surface area contributed by atoms with Crippen LogP contribution in [0.1, 0.15) is 25.3 Å². The third kappa shape index (κ3) is 2.62. The zero-order valence-corrected chi connectivity index (χ0v) is 15.5. The van der Waals surface area contributed by atoms with E-state index in [1.807, 2.05) is 41.0 Å². The fraction of sp³-hybridized carbons (Fsp3) is 0.286. The third-order valence-electron chi connectivity index (χ3n) is 5.30. The van der Waals surface area contributed by atoms with Gasteiger partial charge < -0.3 is 10.1 Å². The summed E-state index contributed by atoms with van der Waals surface area (Å²) in [5, 5.41) is 2.87. The predicted octanol–water partition coefficient (Wildman–Crippen LogP) is 3.12. The number of hydrogen-bond acceptors (Lipinski definition) is 4. The normalized spacial score (nSPS) is 18.4. The standard InChI is InChI=1S/C21H20N4O3/c1-28-18-9-5-3-7-15(18)22-19(26)12-17-20(27)24(13-10-11-13)21-23-14-6-2-4-8-16(14)25(17)21/h2-9,13,17H,10-12H2,1H3,(H,22,26)/t17-/m0/s1. The first-order valence-corrected chi connectivity index (χ1v) is 9.40. The number of methoxy groups -OCH3 is 1. The molecule has 28 heavy (non-hydrogen) atoms. The van der Waals surface area contributed by atoms with Gasteiger partial charge in [-0.1, -0.05) is 24.3 Å². The van der Waals surface area contributed by atoms with Gasteiger partial charge in [-0.25, -0.2) is 4.98 Å². The zero-order valence-electron chi connectivity index (χ0n) is 15.5. The SMILES string of the molecule is COc1ccccc1NC(=O)C[C@H]1C(=O)N(C2CC2)c2nc3ccccc3n21. The van der Waals surface area contributed by atoms with Gasteiger partial charge >= 0.3 is 0 Å². The van der Waals surface area contributed by atoms with E-state index in [2.05, 4.69) is 10.3 Å². The Hall–Kier alpha value is -3.35. The molecule has 5 rings (SSSR count). The Morgan fingerprint density at radius 1 is 1.18 bits per heavy atom. The van der Waals surface area contributed by atoms with Crippen LogP contribution in [0.4, 0.5) is 11.6 Å². The minimum atomic E-state index is -0.585. The van der Waals surface area contributed by atoms with Crippen LogP contribution in [0.3, 0.4) is 0 Å². The number of fused-ring (bicyclic) bond motifs is 3. The van der Waals surface area contributed by atoms with Gasteiger partial charge in [0.1, 0.15) is 11.8 Å². The summed E-state index contributed by atoms with van der Waals surface area (Å²) in [7, 11) is 1.56. The van der Waals surface area contributed by atoms with Crippen molar-refractivity contribution in [2.24, 2.45) is 0 Å². The van der Waals surface area contributed by atoms with Crippen LogP contribution in [0.15, 0.2) is 48.5 Å². The second-order valence-electron chi connectivity index (χ2n) is 7.18. The fourth-order valence-corrected chi connectivity index (χ4v) is 3.86. The lowest BCUT2D eigenvalue weighted by Gasteiger charge is -2.15. The molecule has 1 N–H and O–H groups in total. The molecule has 2 aliphatic rings. The summed E-state index contributed by atoms with van der Waals surface area (Å²) < 4.78 is 7.20. The minimum Gasteiger partial charge on any atom is -0.495 e. The van der Waals surface area contributed by atoms with E-state index in [0.29, 0.717) is 17.4 Å². The Labute approximate surface area is 161 Å². The molecule has 2 amide bonds. The van der Waals surface area contributed by atoms with Crippen molar-refractivity contribution in [1.82, 2.24) is 9.55 Å². The van der Waals surface area contributed by atoms with E-state index in [1.54, 1.807) is 24.1 Å². The van der Waals surface area contributed by atoms with E-state index in [9.17, 15) is 9.59 Å². The highest BCUT2D eigenvalue weighted by Crippen LogP contribution is 2.42. The number of para-hydroxylation sites is 4. The number of benzene rings is 2. The summed E-state index contributed by atoms with van der Waals surface area (Å²) in [6.45, 7) is 0. The van der Waals surface area contributed by atoms with E-state index in [4.69, 9.17) is 4.74 Å². The van der Waals surface area contributed by atoms with E-state index < -0.39 is 6.04 Å². The van der Waals surface area contributed by atoms with Crippen molar-refractivity contribution >= 4 is 34.5 Å². The Bertz CT molecular complexity index is 1090. The first kappa shape index (κ1) is 16.8. The lowest BCUT2D eigenvalue weighted by molar-refractivity contribution is -0.124. The molecule has 2 aromatic carbocycles. The number of ether oxygens (including phenoxy) is 1. The average molecular weight is 376 g/mol. The van der Waals surface area contributed by atoms with Gasteiger partial charge in [-0.15, -0.1) is 0 Å². The maximum Gasteiger partial charge on any atom is 0.253 e. The van der Waals surface area contributed by atoms with E-state index >= 15 is 0 Å². The number of nitrogens with one attached hydrogen (secondary N) is 1. The van der Waals surface area contributed by atoms with Gasteiger partial charge in [0.15, 0.2) is 0 Å². The Kier molecular flexibility index (Phi) is 3.82. The second-order valence-corrected chi connectivity index (χ2v) is 7.18. The molecular formula is C21H20N4O3. The van der Waals surface area contributed by atoms with Gasteiger partial charge in [-0.3, -0.25) is 19.1 Å². The van der Waals surface area contributed by atoms with Crippen molar-refractivity contribution < 1.29 is 14.3 Å². The van der Waals surface area contributed by atoms with Crippen LogP contribution in [-0.2, 0) is 9.59 Å². The number of anilines is 2. The van der Waals surface area contributed by atoms with Crippen LogP contribution in [0.5, 0.6) is 5.75 Å². The lowest BCUT2D eigenvalue weighted by atomic mass is 10.1. The number of nitrogens with zero attached hydrogens (tertiary/aromatic N) is 3. The van der Waals surface area contributed by atoms with Crippen LogP contribution in [0.2, 0.25) is 0 Å². The molecule has 7 nitrogen and oxygen atoms in total. The zero-order chi connectivity index (χ0) is 19.3. The summed E-state index contributed by atoms with van der Waals surface area (Å²) in [5.74, 6) is 0.959. The van der Waals surface area contributed by atoms with E-state index in [0.717, 1.165) is 23.9 Å². The van der Waals surface area contributed by atoms with Crippen molar-refractivity contribution in [2.45, 2.75) is 31.3 Å². The molecule has 1 atom stereocenters. The Balaban J connectivity index is 1.47. The molecule has 1 saturated carbocycles. The molecule has 1 fully saturated rings. The molecule has 1 aliphatic heterocycles. The summed E-state index contributed by atoms with van der Waals surface area (Å²) in [6.07, 6.45) is 2.01. The van der Waals surface area contributed by atoms with Crippen LogP contribution in [0.25, 0.3) is 11.0 Å². The summed E-state index contributed by atoms with van der Waals surface area (Å²) in [4.78, 5) is 32.3. The number of carbonyl (C=O) groups excluding carboxylic acids is 2. The van der Waals surface area contributed by atoms with Crippen molar-refractivity contribution in [1.29, 1.82) is 0 Å². The summed E-state index contributed by atoms with van der Waals surface area (Å²) in [5.41, 5.74) is 2.31. The molecule has 0 spiro atoms. The van der Waals surface area contributed by atoms with Gasteiger partial charge in [0, 0.05) is 6.04 Å². The van der Waals surface area contributed by atoms with Gasteiger partial charge in [-0.05, 0) is 37.1 Å². The largest absolute Gasteiger partial charge is 0.495 e. The van der Waals surface area contributed by atoms with Gasteiger partial charge in [-0.2, -0.15) is 0 Å². The molecule has 142 valence electrons. The maximum atomic E-state index is 13.1. The van der Waals surface area contributed by atoms with Crippen LogP contribution in [-0.4, -0.2) is 34.5 Å². The highest BCUT2D eigenvalue weighted by molar-refractivity contribution is 6.05. The van der Waals surface area contributed by atoms with Gasteiger partial charge in [0.05, 0.1) is 30.3 Å². The first-order chi connectivity index (χ1) is 13.7. The number of hydrogen-bond donors (Lipinski definition) is 1. The average Bonchev–Trinajstić information content (AvgIpc) is 3.41. The van der Waals surface area contributed by atoms with Crippen LogP contribution >= 0.6 is 0 Å². The van der Waals surface area contributed by atoms with Crippen molar-refractivity contribution in [3.05, 3.63) is 48.5 Å². The molecule has 3 aromatic rings. The quantitative estimate of drug-likeness (QED) is 0.742. The molecule has 1 aromatic heterocycles. The van der Waals surface area contributed by atoms with E-state index in [-0.39, 0.29) is 24.3 Å². The Morgan fingerprint density at radius 3 is 2.71 bits per heavy atom. The van der Waals surface area contributed by atoms with Crippen LogP contribution < -0.4 is 15.0 Å². The smallest absolute Gasteiger partial charge is 0.253 e. The molecule has 0 unspecified atom stereocenters. The molecule has 0 bridgehead atoms. The summed E-state index contributed by atoms with van der Waals surface area (Å²) in [6, 6.07) is 14.6. The molecule has 2 heterocycles. The number of amides is 2. The Morgan fingerprint density at radius 2 is 1.93 bits per heavy atom. The minimum absolute atomic E-state index is 0.0491. The lowest BCUT2D eigenvalue weighted by Crippen LogP contribution is -2.33. The maximum absolute atomic E-state index is 13.1. The predicted molar refractivity (Wildman–Crippen MR) is 106 cm³/mol. The number of carbonyl (C=O) groups is 2. The number of rotatable bonds is 5. The molecule has 0 radical (unpaired) electrons. The van der Waals surface area contributed by atoms with Gasteiger partial charge in [0.25, 0.3) is 5.91 Å². The molecule has 0 saturated heterocycles. The molecule has 7 heteroatoms. The van der Waals surface area contributed by atoms with Gasteiger partial charge in [0.2, 0.25) is 11.9 Å². The third-order valence-corrected chi connectivity index (χ3v) is 5.30. The first-order valence-electron chi connectivity index (χ1n) is 9.40. The highest BCUT2D eigenvalue weighted by Gasteiger charge is 2.47. The monoisotopic (exact) mass is 376 g/mol. The fourth-order valence-electron chi connectivity index (χ4n) is 3.86. The molecular weight excluding hydrogens is 356 g/mol. The van der Waals surface area contributed by atoms with Crippen molar-refractivity contribution in [2.75, 3.05) is 17.3 Å². The molecule has 1 aliphatic carbocycles. The number of aromatic nitrogens is 2. The van der Waals surface area contributed by atoms with E-state index in [1.165, 1.54) is 0 Å².